The van der Waals surface area contributed by atoms with Gasteiger partial charge in [0, 0.05) is 13.6 Å². The minimum absolute atomic E-state index is 0.181. The number of nitrogens with zero attached hydrogens (tertiary/aromatic N) is 1. The predicted molar refractivity (Wildman–Crippen MR) is 64.7 cm³/mol. The molecule has 1 aromatic rings. The molecular formula is C11H16N2O2S. The lowest BCUT2D eigenvalue weighted by Gasteiger charge is -2.19. The second kappa shape index (κ2) is 4.07. The highest BCUT2D eigenvalue weighted by atomic mass is 32.2. The molecule has 0 radical (unpaired) electrons. The molecule has 1 aromatic carbocycles. The minimum atomic E-state index is -3.15. The van der Waals surface area contributed by atoms with Crippen molar-refractivity contribution in [2.75, 3.05) is 11.4 Å². The SMILES string of the molecule is CN(c1cccc(CN)c1)S(=O)(=O)C1CC1. The van der Waals surface area contributed by atoms with Crippen molar-refractivity contribution in [3.63, 3.8) is 0 Å². The van der Waals surface area contributed by atoms with Crippen LogP contribution in [0.15, 0.2) is 24.3 Å². The Balaban J connectivity index is 2.29. The summed E-state index contributed by atoms with van der Waals surface area (Å²) in [5.74, 6) is 0. The summed E-state index contributed by atoms with van der Waals surface area (Å²) in [5.41, 5.74) is 7.16. The summed E-state index contributed by atoms with van der Waals surface area (Å²) < 4.78 is 25.3. The number of hydrogen-bond acceptors (Lipinski definition) is 3. The van der Waals surface area contributed by atoms with Crippen molar-refractivity contribution in [1.82, 2.24) is 0 Å². The summed E-state index contributed by atoms with van der Waals surface area (Å²) in [6, 6.07) is 7.33. The van der Waals surface area contributed by atoms with E-state index in [1.54, 1.807) is 13.1 Å². The Kier molecular flexibility index (Phi) is 2.90. The Bertz CT molecular complexity index is 481. The Morgan fingerprint density at radius 2 is 2.12 bits per heavy atom. The molecule has 0 amide bonds. The van der Waals surface area contributed by atoms with Crippen LogP contribution in [0.3, 0.4) is 0 Å². The first-order chi connectivity index (χ1) is 7.55. The van der Waals surface area contributed by atoms with Gasteiger partial charge in [-0.1, -0.05) is 12.1 Å². The fourth-order valence-electron chi connectivity index (χ4n) is 1.62. The molecule has 2 rings (SSSR count). The normalized spacial score (nSPS) is 16.1. The van der Waals surface area contributed by atoms with Crippen molar-refractivity contribution >= 4 is 15.7 Å². The van der Waals surface area contributed by atoms with Crippen LogP contribution in [-0.4, -0.2) is 20.7 Å². The molecule has 0 aromatic heterocycles. The third kappa shape index (κ3) is 2.05. The highest BCUT2D eigenvalue weighted by Gasteiger charge is 2.38. The second-order valence-electron chi connectivity index (χ2n) is 4.09. The summed E-state index contributed by atoms with van der Waals surface area (Å²) in [4.78, 5) is 0. The van der Waals surface area contributed by atoms with E-state index in [-0.39, 0.29) is 5.25 Å². The second-order valence-corrected chi connectivity index (χ2v) is 6.33. The summed E-state index contributed by atoms with van der Waals surface area (Å²) >= 11 is 0. The number of sulfonamides is 1. The van der Waals surface area contributed by atoms with Crippen LogP contribution in [0.2, 0.25) is 0 Å². The minimum Gasteiger partial charge on any atom is -0.326 e. The highest BCUT2D eigenvalue weighted by molar-refractivity contribution is 7.93. The average Bonchev–Trinajstić information content (AvgIpc) is 3.12. The summed E-state index contributed by atoms with van der Waals surface area (Å²) in [5, 5.41) is -0.181. The molecule has 1 fully saturated rings. The van der Waals surface area contributed by atoms with E-state index in [4.69, 9.17) is 5.73 Å². The largest absolute Gasteiger partial charge is 0.326 e. The van der Waals surface area contributed by atoms with Crippen molar-refractivity contribution in [2.24, 2.45) is 5.73 Å². The lowest BCUT2D eigenvalue weighted by atomic mass is 10.2. The van der Waals surface area contributed by atoms with Crippen LogP contribution in [-0.2, 0) is 16.6 Å². The summed E-state index contributed by atoms with van der Waals surface area (Å²) in [7, 11) is -1.55. The number of anilines is 1. The molecule has 0 heterocycles. The lowest BCUT2D eigenvalue weighted by molar-refractivity contribution is 0.593. The van der Waals surface area contributed by atoms with Crippen molar-refractivity contribution < 1.29 is 8.42 Å². The van der Waals surface area contributed by atoms with Crippen molar-refractivity contribution in [3.05, 3.63) is 29.8 Å². The smallest absolute Gasteiger partial charge is 0.237 e. The van der Waals surface area contributed by atoms with Crippen LogP contribution >= 0.6 is 0 Å². The Labute approximate surface area is 96.1 Å². The van der Waals surface area contributed by atoms with Gasteiger partial charge in [-0.25, -0.2) is 8.42 Å². The van der Waals surface area contributed by atoms with E-state index in [0.29, 0.717) is 12.2 Å². The zero-order valence-electron chi connectivity index (χ0n) is 9.26. The molecule has 0 unspecified atom stereocenters. The van der Waals surface area contributed by atoms with Crippen molar-refractivity contribution in [1.29, 1.82) is 0 Å². The Morgan fingerprint density at radius 3 is 2.69 bits per heavy atom. The van der Waals surface area contributed by atoms with Gasteiger partial charge in [0.2, 0.25) is 10.0 Å². The van der Waals surface area contributed by atoms with Gasteiger partial charge in [0.1, 0.15) is 0 Å². The van der Waals surface area contributed by atoms with Gasteiger partial charge in [0.05, 0.1) is 10.9 Å². The number of nitrogens with two attached hydrogens (primary N) is 1. The zero-order chi connectivity index (χ0) is 11.8. The molecule has 0 saturated heterocycles. The van der Waals surface area contributed by atoms with E-state index in [1.807, 2.05) is 18.2 Å². The van der Waals surface area contributed by atoms with Gasteiger partial charge in [0.15, 0.2) is 0 Å². The quantitative estimate of drug-likeness (QED) is 0.856. The summed E-state index contributed by atoms with van der Waals surface area (Å²) in [6.07, 6.45) is 1.56. The fraction of sp³-hybridized carbons (Fsp3) is 0.455. The number of benzene rings is 1. The molecule has 1 aliphatic rings. The Morgan fingerprint density at radius 1 is 1.44 bits per heavy atom. The van der Waals surface area contributed by atoms with Crippen molar-refractivity contribution in [3.8, 4) is 0 Å². The number of rotatable bonds is 4. The van der Waals surface area contributed by atoms with Crippen molar-refractivity contribution in [2.45, 2.75) is 24.6 Å². The molecule has 16 heavy (non-hydrogen) atoms. The third-order valence-corrected chi connectivity index (χ3v) is 5.13. The molecule has 1 aliphatic carbocycles. The average molecular weight is 240 g/mol. The molecule has 0 atom stereocenters. The zero-order valence-corrected chi connectivity index (χ0v) is 10.1. The fourth-order valence-corrected chi connectivity index (χ4v) is 3.20. The van der Waals surface area contributed by atoms with Crippen LogP contribution in [0.25, 0.3) is 0 Å². The maximum atomic E-state index is 12.0. The van der Waals surface area contributed by atoms with Crippen LogP contribution in [0.1, 0.15) is 18.4 Å². The maximum Gasteiger partial charge on any atom is 0.237 e. The van der Waals surface area contributed by atoms with Gasteiger partial charge in [-0.15, -0.1) is 0 Å². The van der Waals surface area contributed by atoms with Gasteiger partial charge in [-0.2, -0.15) is 0 Å². The molecule has 5 heteroatoms. The highest BCUT2D eigenvalue weighted by Crippen LogP contribution is 2.32. The van der Waals surface area contributed by atoms with Crippen LogP contribution in [0, 0.1) is 0 Å². The van der Waals surface area contributed by atoms with Crippen LogP contribution in [0.5, 0.6) is 0 Å². The molecule has 2 N–H and O–H groups in total. The van der Waals surface area contributed by atoms with Gasteiger partial charge >= 0.3 is 0 Å². The van der Waals surface area contributed by atoms with Crippen LogP contribution < -0.4 is 10.0 Å². The Hall–Kier alpha value is -1.07. The third-order valence-electron chi connectivity index (χ3n) is 2.84. The standard InChI is InChI=1S/C11H16N2O2S/c1-13(16(14,15)11-5-6-11)10-4-2-3-9(7-10)8-12/h2-4,7,11H,5-6,8,12H2,1H3. The topological polar surface area (TPSA) is 63.4 Å². The monoisotopic (exact) mass is 240 g/mol. The van der Waals surface area contributed by atoms with E-state index >= 15 is 0 Å². The molecule has 88 valence electrons. The van der Waals surface area contributed by atoms with E-state index < -0.39 is 10.0 Å². The molecule has 0 aliphatic heterocycles. The first-order valence-corrected chi connectivity index (χ1v) is 6.83. The van der Waals surface area contributed by atoms with Gasteiger partial charge in [-0.05, 0) is 30.5 Å². The lowest BCUT2D eigenvalue weighted by Crippen LogP contribution is -2.29. The molecule has 4 nitrogen and oxygen atoms in total. The molecule has 0 bridgehead atoms. The molecule has 1 saturated carbocycles. The van der Waals surface area contributed by atoms with E-state index in [9.17, 15) is 8.42 Å². The van der Waals surface area contributed by atoms with E-state index in [2.05, 4.69) is 0 Å². The molecule has 0 spiro atoms. The van der Waals surface area contributed by atoms with Crippen LogP contribution in [0.4, 0.5) is 5.69 Å². The number of hydrogen-bond donors (Lipinski definition) is 1. The first kappa shape index (κ1) is 11.4. The maximum absolute atomic E-state index is 12.0. The van der Waals surface area contributed by atoms with Gasteiger partial charge in [-0.3, -0.25) is 4.31 Å². The predicted octanol–water partition coefficient (Wildman–Crippen LogP) is 1.07. The molecular weight excluding hydrogens is 224 g/mol. The van der Waals surface area contributed by atoms with E-state index in [1.165, 1.54) is 4.31 Å². The summed E-state index contributed by atoms with van der Waals surface area (Å²) in [6.45, 7) is 0.422. The van der Waals surface area contributed by atoms with Gasteiger partial charge < -0.3 is 5.73 Å². The van der Waals surface area contributed by atoms with E-state index in [0.717, 1.165) is 18.4 Å². The first-order valence-electron chi connectivity index (χ1n) is 5.32. The van der Waals surface area contributed by atoms with Gasteiger partial charge in [0.25, 0.3) is 0 Å².